The molecule has 5 heteroatoms. The Bertz CT molecular complexity index is 684. The molecule has 0 fully saturated rings. The highest BCUT2D eigenvalue weighted by molar-refractivity contribution is 5.86. The lowest BCUT2D eigenvalue weighted by atomic mass is 9.91. The number of carbonyl (C=O) groups excluding carboxylic acids is 2. The Morgan fingerprint density at radius 1 is 0.920 bits per heavy atom. The van der Waals surface area contributed by atoms with Gasteiger partial charge in [-0.3, -0.25) is 4.79 Å². The third-order valence-corrected chi connectivity index (χ3v) is 3.67. The molecule has 5 nitrogen and oxygen atoms in total. The number of esters is 2. The first kappa shape index (κ1) is 18.7. The van der Waals surface area contributed by atoms with Crippen LogP contribution in [0.15, 0.2) is 60.7 Å². The molecule has 132 valence electrons. The zero-order chi connectivity index (χ0) is 18.1. The smallest absolute Gasteiger partial charge is 0.339 e. The van der Waals surface area contributed by atoms with E-state index in [1.807, 2.05) is 36.4 Å². The van der Waals surface area contributed by atoms with E-state index in [1.54, 1.807) is 31.2 Å². The molecule has 0 unspecified atom stereocenters. The van der Waals surface area contributed by atoms with Gasteiger partial charge >= 0.3 is 11.9 Å². The van der Waals surface area contributed by atoms with Crippen molar-refractivity contribution in [2.45, 2.75) is 32.0 Å². The molecule has 0 aromatic heterocycles. The lowest BCUT2D eigenvalue weighted by molar-refractivity contribution is -0.172. The van der Waals surface area contributed by atoms with Crippen molar-refractivity contribution in [1.82, 2.24) is 0 Å². The van der Waals surface area contributed by atoms with E-state index in [9.17, 15) is 14.7 Å². The molecule has 0 heterocycles. The van der Waals surface area contributed by atoms with Crippen LogP contribution in [0.3, 0.4) is 0 Å². The van der Waals surface area contributed by atoms with Gasteiger partial charge in [0.05, 0.1) is 13.0 Å². The van der Waals surface area contributed by atoms with E-state index in [-0.39, 0.29) is 19.6 Å². The first-order valence-corrected chi connectivity index (χ1v) is 8.16. The number of ether oxygens (including phenoxy) is 2. The standard InChI is InChI=1S/C20H22O5/c1-2-24-19(22)20(23,13-16-9-5-3-6-10-16)14-18(21)25-15-17-11-7-4-8-12-17/h3-12,23H,2,13-15H2,1H3/t20-/m0/s1. The zero-order valence-corrected chi connectivity index (χ0v) is 14.2. The van der Waals surface area contributed by atoms with Gasteiger partial charge in [0.15, 0.2) is 5.60 Å². The van der Waals surface area contributed by atoms with Crippen molar-refractivity contribution in [3.63, 3.8) is 0 Å². The van der Waals surface area contributed by atoms with Gasteiger partial charge in [-0.2, -0.15) is 0 Å². The van der Waals surface area contributed by atoms with E-state index in [1.165, 1.54) is 0 Å². The number of carbonyl (C=O) groups is 2. The summed E-state index contributed by atoms with van der Waals surface area (Å²) >= 11 is 0. The molecule has 0 aliphatic heterocycles. The van der Waals surface area contributed by atoms with Gasteiger partial charge < -0.3 is 14.6 Å². The molecule has 0 saturated heterocycles. The molecular formula is C20H22O5. The summed E-state index contributed by atoms with van der Waals surface area (Å²) in [5.74, 6) is -1.48. The fourth-order valence-electron chi connectivity index (χ4n) is 2.43. The van der Waals surface area contributed by atoms with E-state index < -0.39 is 24.0 Å². The first-order valence-electron chi connectivity index (χ1n) is 8.16. The summed E-state index contributed by atoms with van der Waals surface area (Å²) in [7, 11) is 0. The first-order chi connectivity index (χ1) is 12.0. The Morgan fingerprint density at radius 3 is 2.04 bits per heavy atom. The fourth-order valence-corrected chi connectivity index (χ4v) is 2.43. The van der Waals surface area contributed by atoms with Crippen molar-refractivity contribution in [2.75, 3.05) is 6.61 Å². The number of aliphatic hydroxyl groups is 1. The summed E-state index contributed by atoms with van der Waals surface area (Å²) in [4.78, 5) is 24.3. The fraction of sp³-hybridized carbons (Fsp3) is 0.300. The molecule has 0 radical (unpaired) electrons. The van der Waals surface area contributed by atoms with Crippen LogP contribution in [-0.2, 0) is 32.1 Å². The van der Waals surface area contributed by atoms with Crippen LogP contribution in [0.1, 0.15) is 24.5 Å². The molecule has 1 N–H and O–H groups in total. The summed E-state index contributed by atoms with van der Waals surface area (Å²) in [6, 6.07) is 18.2. The van der Waals surface area contributed by atoms with Crippen molar-refractivity contribution in [3.8, 4) is 0 Å². The monoisotopic (exact) mass is 342 g/mol. The normalized spacial score (nSPS) is 12.9. The maximum Gasteiger partial charge on any atom is 0.339 e. The van der Waals surface area contributed by atoms with E-state index in [0.29, 0.717) is 0 Å². The summed E-state index contributed by atoms with van der Waals surface area (Å²) in [6.07, 6.45) is -0.485. The Hall–Kier alpha value is -2.66. The van der Waals surface area contributed by atoms with Crippen molar-refractivity contribution < 1.29 is 24.2 Å². The molecule has 0 saturated carbocycles. The summed E-state index contributed by atoms with van der Waals surface area (Å²) in [6.45, 7) is 1.85. The Balaban J connectivity index is 2.04. The average Bonchev–Trinajstić information content (AvgIpc) is 2.62. The zero-order valence-electron chi connectivity index (χ0n) is 14.2. The van der Waals surface area contributed by atoms with Crippen LogP contribution in [0.4, 0.5) is 0 Å². The van der Waals surface area contributed by atoms with Crippen molar-refractivity contribution in [2.24, 2.45) is 0 Å². The van der Waals surface area contributed by atoms with Crippen molar-refractivity contribution in [1.29, 1.82) is 0 Å². The maximum absolute atomic E-state index is 12.2. The second kappa shape index (κ2) is 8.99. The summed E-state index contributed by atoms with van der Waals surface area (Å²) in [5, 5.41) is 10.8. The summed E-state index contributed by atoms with van der Waals surface area (Å²) in [5.41, 5.74) is -0.391. The molecule has 1 atom stereocenters. The SMILES string of the molecule is CCOC(=O)[C@@](O)(CC(=O)OCc1ccccc1)Cc1ccccc1. The molecule has 0 aliphatic rings. The number of rotatable bonds is 8. The molecule has 0 aliphatic carbocycles. The maximum atomic E-state index is 12.2. The highest BCUT2D eigenvalue weighted by Gasteiger charge is 2.40. The van der Waals surface area contributed by atoms with E-state index >= 15 is 0 Å². The van der Waals surface area contributed by atoms with E-state index in [0.717, 1.165) is 11.1 Å². The minimum absolute atomic E-state index is 0.0207. The van der Waals surface area contributed by atoms with Gasteiger partial charge in [-0.25, -0.2) is 4.79 Å². The third-order valence-electron chi connectivity index (χ3n) is 3.67. The van der Waals surface area contributed by atoms with Crippen LogP contribution >= 0.6 is 0 Å². The predicted molar refractivity (Wildman–Crippen MR) is 92.6 cm³/mol. The third kappa shape index (κ3) is 5.72. The van der Waals surface area contributed by atoms with Crippen molar-refractivity contribution >= 4 is 11.9 Å². The minimum Gasteiger partial charge on any atom is -0.464 e. The van der Waals surface area contributed by atoms with Crippen LogP contribution in [-0.4, -0.2) is 29.3 Å². The number of hydrogen-bond donors (Lipinski definition) is 1. The summed E-state index contributed by atoms with van der Waals surface area (Å²) < 4.78 is 10.1. The molecule has 0 bridgehead atoms. The van der Waals surface area contributed by atoms with Gasteiger partial charge in [-0.15, -0.1) is 0 Å². The highest BCUT2D eigenvalue weighted by atomic mass is 16.6. The van der Waals surface area contributed by atoms with Gasteiger partial charge in [0.2, 0.25) is 0 Å². The lowest BCUT2D eigenvalue weighted by Gasteiger charge is -2.25. The molecule has 2 rings (SSSR count). The van der Waals surface area contributed by atoms with Crippen LogP contribution in [0.5, 0.6) is 0 Å². The number of hydrogen-bond acceptors (Lipinski definition) is 5. The van der Waals surface area contributed by atoms with Gasteiger partial charge in [0.1, 0.15) is 6.61 Å². The van der Waals surface area contributed by atoms with Crippen LogP contribution in [0, 0.1) is 0 Å². The largest absolute Gasteiger partial charge is 0.464 e. The second-order valence-electron chi connectivity index (χ2n) is 5.74. The second-order valence-corrected chi connectivity index (χ2v) is 5.74. The van der Waals surface area contributed by atoms with E-state index in [4.69, 9.17) is 9.47 Å². The van der Waals surface area contributed by atoms with Crippen LogP contribution in [0.25, 0.3) is 0 Å². The molecule has 2 aromatic rings. The highest BCUT2D eigenvalue weighted by Crippen LogP contribution is 2.21. The van der Waals surface area contributed by atoms with Gasteiger partial charge in [-0.05, 0) is 18.1 Å². The van der Waals surface area contributed by atoms with Crippen LogP contribution < -0.4 is 0 Å². The Kier molecular flexibility index (Phi) is 6.71. The lowest BCUT2D eigenvalue weighted by Crippen LogP contribution is -2.44. The minimum atomic E-state index is -1.95. The molecule has 0 amide bonds. The average molecular weight is 342 g/mol. The molecule has 2 aromatic carbocycles. The molecule has 0 spiro atoms. The van der Waals surface area contributed by atoms with Gasteiger partial charge in [0, 0.05) is 6.42 Å². The molecular weight excluding hydrogens is 320 g/mol. The van der Waals surface area contributed by atoms with E-state index in [2.05, 4.69) is 0 Å². The topological polar surface area (TPSA) is 72.8 Å². The van der Waals surface area contributed by atoms with Crippen LogP contribution in [0.2, 0.25) is 0 Å². The van der Waals surface area contributed by atoms with Gasteiger partial charge in [-0.1, -0.05) is 60.7 Å². The quantitative estimate of drug-likeness (QED) is 0.747. The predicted octanol–water partition coefficient (Wildman–Crippen LogP) is 2.66. The Labute approximate surface area is 147 Å². The Morgan fingerprint density at radius 2 is 1.48 bits per heavy atom. The van der Waals surface area contributed by atoms with Gasteiger partial charge in [0.25, 0.3) is 0 Å². The number of benzene rings is 2. The molecule has 25 heavy (non-hydrogen) atoms. The van der Waals surface area contributed by atoms with Crippen molar-refractivity contribution in [3.05, 3.63) is 71.8 Å².